The van der Waals surface area contributed by atoms with Gasteiger partial charge in [0.25, 0.3) is 5.91 Å². The number of para-hydroxylation sites is 1. The minimum atomic E-state index is -0.216. The second-order valence-electron chi connectivity index (χ2n) is 6.31. The largest absolute Gasteiger partial charge is 0.493 e. The molecule has 1 heterocycles. The van der Waals surface area contributed by atoms with Crippen LogP contribution in [0.5, 0.6) is 5.75 Å². The number of halogens is 1. The van der Waals surface area contributed by atoms with E-state index in [4.69, 9.17) is 16.3 Å². The zero-order valence-corrected chi connectivity index (χ0v) is 15.1. The van der Waals surface area contributed by atoms with Gasteiger partial charge in [0.15, 0.2) is 0 Å². The number of rotatable bonds is 6. The zero-order valence-electron chi connectivity index (χ0n) is 14.3. The van der Waals surface area contributed by atoms with E-state index in [1.807, 2.05) is 18.2 Å². The van der Waals surface area contributed by atoms with Gasteiger partial charge >= 0.3 is 0 Å². The van der Waals surface area contributed by atoms with E-state index in [0.29, 0.717) is 23.7 Å². The number of fused-ring (bicyclic) bond motifs is 1. The maximum Gasteiger partial charge on any atom is 0.251 e. The Morgan fingerprint density at radius 1 is 1.08 bits per heavy atom. The van der Waals surface area contributed by atoms with Crippen molar-refractivity contribution in [2.24, 2.45) is 5.92 Å². The van der Waals surface area contributed by atoms with Crippen LogP contribution >= 0.6 is 11.6 Å². The first kappa shape index (κ1) is 18.3. The van der Waals surface area contributed by atoms with Crippen LogP contribution in [0, 0.1) is 5.92 Å². The summed E-state index contributed by atoms with van der Waals surface area (Å²) in [4.78, 5) is 23.9. The number of nitrogens with one attached hydrogen (secondary N) is 2. The van der Waals surface area contributed by atoms with Gasteiger partial charge in [-0.2, -0.15) is 0 Å². The first-order valence-corrected chi connectivity index (χ1v) is 9.01. The molecule has 2 amide bonds. The van der Waals surface area contributed by atoms with Crippen molar-refractivity contribution in [3.05, 3.63) is 64.7 Å². The minimum absolute atomic E-state index is 0.0831. The van der Waals surface area contributed by atoms with Crippen LogP contribution in [0.4, 0.5) is 0 Å². The lowest BCUT2D eigenvalue weighted by atomic mass is 9.97. The lowest BCUT2D eigenvalue weighted by molar-refractivity contribution is -0.121. The third-order valence-corrected chi connectivity index (χ3v) is 4.54. The molecule has 0 aromatic heterocycles. The molecule has 6 heteroatoms. The molecule has 0 saturated heterocycles. The van der Waals surface area contributed by atoms with Gasteiger partial charge in [0, 0.05) is 36.0 Å². The highest BCUT2D eigenvalue weighted by Crippen LogP contribution is 2.26. The van der Waals surface area contributed by atoms with E-state index in [0.717, 1.165) is 12.2 Å². The van der Waals surface area contributed by atoms with Crippen LogP contribution in [0.25, 0.3) is 0 Å². The van der Waals surface area contributed by atoms with Gasteiger partial charge < -0.3 is 15.4 Å². The monoisotopic (exact) mass is 372 g/mol. The van der Waals surface area contributed by atoms with Gasteiger partial charge in [0.2, 0.25) is 5.91 Å². The number of carbonyl (C=O) groups is 2. The van der Waals surface area contributed by atoms with Crippen molar-refractivity contribution in [3.8, 4) is 5.75 Å². The lowest BCUT2D eigenvalue weighted by Crippen LogP contribution is -2.36. The number of carbonyl (C=O) groups excluding carboxylic acids is 2. The highest BCUT2D eigenvalue weighted by atomic mass is 35.5. The highest BCUT2D eigenvalue weighted by Gasteiger charge is 2.19. The fraction of sp³-hybridized carbons (Fsp3) is 0.300. The van der Waals surface area contributed by atoms with Crippen LogP contribution < -0.4 is 15.4 Å². The summed E-state index contributed by atoms with van der Waals surface area (Å²) in [5, 5.41) is 6.23. The van der Waals surface area contributed by atoms with Crippen LogP contribution in [0.3, 0.4) is 0 Å². The Morgan fingerprint density at radius 2 is 1.85 bits per heavy atom. The number of hydrogen-bond acceptors (Lipinski definition) is 3. The van der Waals surface area contributed by atoms with Gasteiger partial charge in [-0.3, -0.25) is 9.59 Å². The Morgan fingerprint density at radius 3 is 2.65 bits per heavy atom. The maximum absolute atomic E-state index is 12.0. The molecule has 0 spiro atoms. The first-order chi connectivity index (χ1) is 12.6. The Hall–Kier alpha value is -2.53. The number of hydrogen-bond donors (Lipinski definition) is 2. The van der Waals surface area contributed by atoms with Gasteiger partial charge in [-0.25, -0.2) is 0 Å². The molecule has 1 atom stereocenters. The number of amides is 2. The van der Waals surface area contributed by atoms with Crippen LogP contribution in [-0.4, -0.2) is 31.5 Å². The molecule has 136 valence electrons. The Kier molecular flexibility index (Phi) is 6.12. The molecule has 0 unspecified atom stereocenters. The molecule has 2 N–H and O–H groups in total. The van der Waals surface area contributed by atoms with Crippen LogP contribution in [-0.2, 0) is 11.2 Å². The molecule has 3 rings (SSSR count). The van der Waals surface area contributed by atoms with Crippen molar-refractivity contribution < 1.29 is 14.3 Å². The molecular formula is C20H21ClN2O3. The molecule has 26 heavy (non-hydrogen) atoms. The highest BCUT2D eigenvalue weighted by molar-refractivity contribution is 6.30. The minimum Gasteiger partial charge on any atom is -0.493 e. The van der Waals surface area contributed by atoms with Crippen LogP contribution in [0.15, 0.2) is 48.5 Å². The van der Waals surface area contributed by atoms with E-state index in [9.17, 15) is 9.59 Å². The molecule has 2 aromatic rings. The van der Waals surface area contributed by atoms with Crippen molar-refractivity contribution >= 4 is 23.4 Å². The third-order valence-electron chi connectivity index (χ3n) is 4.29. The van der Waals surface area contributed by atoms with E-state index >= 15 is 0 Å². The van der Waals surface area contributed by atoms with E-state index in [-0.39, 0.29) is 30.7 Å². The maximum atomic E-state index is 12.0. The van der Waals surface area contributed by atoms with Gasteiger partial charge in [0.05, 0.1) is 6.61 Å². The first-order valence-electron chi connectivity index (χ1n) is 8.63. The Balaban J connectivity index is 1.36. The van der Waals surface area contributed by atoms with Gasteiger partial charge in [-0.15, -0.1) is 0 Å². The summed E-state index contributed by atoms with van der Waals surface area (Å²) >= 11 is 5.80. The van der Waals surface area contributed by atoms with Crippen molar-refractivity contribution in [3.63, 3.8) is 0 Å². The van der Waals surface area contributed by atoms with E-state index in [2.05, 4.69) is 16.7 Å². The quantitative estimate of drug-likeness (QED) is 0.819. The smallest absolute Gasteiger partial charge is 0.251 e. The molecule has 0 aliphatic carbocycles. The van der Waals surface area contributed by atoms with E-state index in [1.54, 1.807) is 24.3 Å². The van der Waals surface area contributed by atoms with Crippen molar-refractivity contribution in [1.29, 1.82) is 0 Å². The predicted octanol–water partition coefficient (Wildman–Crippen LogP) is 2.83. The average Bonchev–Trinajstić information content (AvgIpc) is 2.66. The molecule has 2 aromatic carbocycles. The summed E-state index contributed by atoms with van der Waals surface area (Å²) in [5.41, 5.74) is 1.70. The molecule has 0 radical (unpaired) electrons. The van der Waals surface area contributed by atoms with E-state index < -0.39 is 0 Å². The second kappa shape index (κ2) is 8.72. The molecule has 1 aliphatic heterocycles. The predicted molar refractivity (Wildman–Crippen MR) is 101 cm³/mol. The number of ether oxygens (including phenoxy) is 1. The second-order valence-corrected chi connectivity index (χ2v) is 6.74. The van der Waals surface area contributed by atoms with Gasteiger partial charge in [-0.05, 0) is 42.3 Å². The Labute approximate surface area is 157 Å². The average molecular weight is 373 g/mol. The third kappa shape index (κ3) is 4.99. The molecule has 0 saturated carbocycles. The summed E-state index contributed by atoms with van der Waals surface area (Å²) in [6.07, 6.45) is 1.13. The van der Waals surface area contributed by atoms with Crippen molar-refractivity contribution in [1.82, 2.24) is 10.6 Å². The number of benzene rings is 2. The van der Waals surface area contributed by atoms with Gasteiger partial charge in [0.1, 0.15) is 5.75 Å². The fourth-order valence-electron chi connectivity index (χ4n) is 2.86. The molecule has 5 nitrogen and oxygen atoms in total. The SMILES string of the molecule is O=C(CCNC(=O)c1ccc(Cl)cc1)NC[C@H]1COc2ccccc2C1. The molecular weight excluding hydrogens is 352 g/mol. The summed E-state index contributed by atoms with van der Waals surface area (Å²) in [6.45, 7) is 1.46. The van der Waals surface area contributed by atoms with Crippen LogP contribution in [0.2, 0.25) is 5.02 Å². The lowest BCUT2D eigenvalue weighted by Gasteiger charge is -2.25. The zero-order chi connectivity index (χ0) is 18.4. The summed E-state index contributed by atoms with van der Waals surface area (Å²) in [6, 6.07) is 14.6. The summed E-state index contributed by atoms with van der Waals surface area (Å²) < 4.78 is 5.72. The molecule has 0 bridgehead atoms. The van der Waals surface area contributed by atoms with E-state index in [1.165, 1.54) is 5.56 Å². The normalized spacial score (nSPS) is 15.5. The summed E-state index contributed by atoms with van der Waals surface area (Å²) in [7, 11) is 0. The summed E-state index contributed by atoms with van der Waals surface area (Å²) in [5.74, 6) is 0.893. The van der Waals surface area contributed by atoms with Crippen molar-refractivity contribution in [2.75, 3.05) is 19.7 Å². The molecule has 1 aliphatic rings. The fourth-order valence-corrected chi connectivity index (χ4v) is 2.99. The topological polar surface area (TPSA) is 67.4 Å². The standard InChI is InChI=1S/C20H21ClN2O3/c21-17-7-5-15(6-8-17)20(25)22-10-9-19(24)23-12-14-11-16-3-1-2-4-18(16)26-13-14/h1-8,14H,9-13H2,(H,22,25)(H,23,24)/t14-/m0/s1. The van der Waals surface area contributed by atoms with Crippen molar-refractivity contribution in [2.45, 2.75) is 12.8 Å². The van der Waals surface area contributed by atoms with Crippen LogP contribution in [0.1, 0.15) is 22.3 Å². The Bertz CT molecular complexity index is 777. The van der Waals surface area contributed by atoms with Gasteiger partial charge in [-0.1, -0.05) is 29.8 Å². The molecule has 0 fully saturated rings.